The molecule has 0 aliphatic rings. The van der Waals surface area contributed by atoms with Crippen molar-refractivity contribution in [1.82, 2.24) is 10.3 Å². The van der Waals surface area contributed by atoms with Crippen LogP contribution < -0.4 is 10.1 Å². The SMILES string of the molecule is CCCNC(Cc1ccccc1)Cc1ccc(OC)nc1. The monoisotopic (exact) mass is 284 g/mol. The quantitative estimate of drug-likeness (QED) is 0.808. The fourth-order valence-electron chi connectivity index (χ4n) is 2.40. The Labute approximate surface area is 127 Å². The lowest BCUT2D eigenvalue weighted by atomic mass is 10.00. The summed E-state index contributed by atoms with van der Waals surface area (Å²) in [6, 6.07) is 15.1. The molecule has 21 heavy (non-hydrogen) atoms. The summed E-state index contributed by atoms with van der Waals surface area (Å²) < 4.78 is 5.11. The summed E-state index contributed by atoms with van der Waals surface area (Å²) in [5.41, 5.74) is 2.60. The van der Waals surface area contributed by atoms with Crippen LogP contribution in [0.3, 0.4) is 0 Å². The van der Waals surface area contributed by atoms with Gasteiger partial charge in [-0.3, -0.25) is 0 Å². The van der Waals surface area contributed by atoms with Crippen molar-refractivity contribution in [2.45, 2.75) is 32.2 Å². The molecule has 0 radical (unpaired) electrons. The smallest absolute Gasteiger partial charge is 0.212 e. The Kier molecular flexibility index (Phi) is 6.22. The molecule has 0 bridgehead atoms. The van der Waals surface area contributed by atoms with Gasteiger partial charge in [-0.1, -0.05) is 43.3 Å². The molecule has 0 spiro atoms. The summed E-state index contributed by atoms with van der Waals surface area (Å²) in [6.07, 6.45) is 5.06. The number of rotatable bonds is 8. The van der Waals surface area contributed by atoms with Gasteiger partial charge in [0.05, 0.1) is 7.11 Å². The third-order valence-electron chi connectivity index (χ3n) is 3.50. The number of hydrogen-bond acceptors (Lipinski definition) is 3. The predicted octanol–water partition coefficient (Wildman–Crippen LogP) is 3.24. The Hall–Kier alpha value is -1.87. The molecule has 1 aromatic heterocycles. The molecule has 0 saturated carbocycles. The highest BCUT2D eigenvalue weighted by Crippen LogP contribution is 2.11. The zero-order chi connectivity index (χ0) is 14.9. The van der Waals surface area contributed by atoms with Gasteiger partial charge < -0.3 is 10.1 Å². The summed E-state index contributed by atoms with van der Waals surface area (Å²) in [4.78, 5) is 4.29. The van der Waals surface area contributed by atoms with Crippen LogP contribution in [-0.2, 0) is 12.8 Å². The molecule has 0 aliphatic heterocycles. The van der Waals surface area contributed by atoms with E-state index in [4.69, 9.17) is 4.74 Å². The third-order valence-corrected chi connectivity index (χ3v) is 3.50. The first-order chi connectivity index (χ1) is 10.3. The largest absolute Gasteiger partial charge is 0.481 e. The van der Waals surface area contributed by atoms with Crippen LogP contribution in [0.2, 0.25) is 0 Å². The fourth-order valence-corrected chi connectivity index (χ4v) is 2.40. The van der Waals surface area contributed by atoms with Crippen LogP contribution in [0.4, 0.5) is 0 Å². The Morgan fingerprint density at radius 2 is 1.81 bits per heavy atom. The molecule has 0 amide bonds. The molecule has 1 N–H and O–H groups in total. The maximum absolute atomic E-state index is 5.11. The van der Waals surface area contributed by atoms with Crippen LogP contribution in [0.25, 0.3) is 0 Å². The summed E-state index contributed by atoms with van der Waals surface area (Å²) in [5, 5.41) is 3.64. The first-order valence-corrected chi connectivity index (χ1v) is 7.58. The topological polar surface area (TPSA) is 34.1 Å². The molecule has 2 rings (SSSR count). The lowest BCUT2D eigenvalue weighted by molar-refractivity contribution is 0.397. The number of benzene rings is 1. The second-order valence-electron chi connectivity index (χ2n) is 5.25. The number of nitrogens with one attached hydrogen (secondary N) is 1. The van der Waals surface area contributed by atoms with Gasteiger partial charge in [0.25, 0.3) is 0 Å². The average Bonchev–Trinajstić information content (AvgIpc) is 2.54. The minimum absolute atomic E-state index is 0.433. The van der Waals surface area contributed by atoms with Crippen molar-refractivity contribution in [1.29, 1.82) is 0 Å². The maximum Gasteiger partial charge on any atom is 0.212 e. The average molecular weight is 284 g/mol. The Morgan fingerprint density at radius 3 is 2.43 bits per heavy atom. The van der Waals surface area contributed by atoms with Crippen molar-refractivity contribution in [3.63, 3.8) is 0 Å². The van der Waals surface area contributed by atoms with Crippen LogP contribution in [-0.4, -0.2) is 24.7 Å². The van der Waals surface area contributed by atoms with Gasteiger partial charge in [-0.2, -0.15) is 0 Å². The maximum atomic E-state index is 5.11. The van der Waals surface area contributed by atoms with Crippen LogP contribution in [0.15, 0.2) is 48.7 Å². The molecular formula is C18H24N2O. The molecule has 0 saturated heterocycles. The first kappa shape index (κ1) is 15.5. The van der Waals surface area contributed by atoms with Crippen LogP contribution >= 0.6 is 0 Å². The van der Waals surface area contributed by atoms with E-state index in [0.717, 1.165) is 25.8 Å². The van der Waals surface area contributed by atoms with Crippen molar-refractivity contribution in [2.75, 3.05) is 13.7 Å². The molecule has 0 fully saturated rings. The Morgan fingerprint density at radius 1 is 1.05 bits per heavy atom. The van der Waals surface area contributed by atoms with Crippen molar-refractivity contribution in [3.8, 4) is 5.88 Å². The van der Waals surface area contributed by atoms with E-state index in [1.807, 2.05) is 12.3 Å². The standard InChI is InChI=1S/C18H24N2O/c1-3-11-19-17(12-15-7-5-4-6-8-15)13-16-9-10-18(21-2)20-14-16/h4-10,14,17,19H,3,11-13H2,1-2H3. The van der Waals surface area contributed by atoms with Gasteiger partial charge in [-0.05, 0) is 36.9 Å². The highest BCUT2D eigenvalue weighted by atomic mass is 16.5. The van der Waals surface area contributed by atoms with Gasteiger partial charge in [0.15, 0.2) is 0 Å². The summed E-state index contributed by atoms with van der Waals surface area (Å²) >= 11 is 0. The number of nitrogens with zero attached hydrogens (tertiary/aromatic N) is 1. The van der Waals surface area contributed by atoms with Crippen LogP contribution in [0.1, 0.15) is 24.5 Å². The highest BCUT2D eigenvalue weighted by Gasteiger charge is 2.10. The normalized spacial score (nSPS) is 12.1. The predicted molar refractivity (Wildman–Crippen MR) is 86.7 cm³/mol. The number of ether oxygens (including phenoxy) is 1. The molecule has 112 valence electrons. The van der Waals surface area contributed by atoms with E-state index in [0.29, 0.717) is 11.9 Å². The minimum Gasteiger partial charge on any atom is -0.481 e. The van der Waals surface area contributed by atoms with Gasteiger partial charge in [0, 0.05) is 18.3 Å². The van der Waals surface area contributed by atoms with E-state index in [1.165, 1.54) is 11.1 Å². The fraction of sp³-hybridized carbons (Fsp3) is 0.389. The van der Waals surface area contributed by atoms with Gasteiger partial charge in [-0.25, -0.2) is 4.98 Å². The van der Waals surface area contributed by atoms with Crippen LogP contribution in [0.5, 0.6) is 5.88 Å². The summed E-state index contributed by atoms with van der Waals surface area (Å²) in [5.74, 6) is 0.667. The van der Waals surface area contributed by atoms with Crippen molar-refractivity contribution in [3.05, 3.63) is 59.8 Å². The zero-order valence-corrected chi connectivity index (χ0v) is 12.9. The molecule has 1 aromatic carbocycles. The van der Waals surface area contributed by atoms with E-state index in [1.54, 1.807) is 7.11 Å². The highest BCUT2D eigenvalue weighted by molar-refractivity contribution is 5.20. The molecular weight excluding hydrogens is 260 g/mol. The van der Waals surface area contributed by atoms with E-state index in [-0.39, 0.29) is 0 Å². The third kappa shape index (κ3) is 5.20. The van der Waals surface area contributed by atoms with E-state index < -0.39 is 0 Å². The number of pyridine rings is 1. The van der Waals surface area contributed by atoms with E-state index in [9.17, 15) is 0 Å². The molecule has 1 atom stereocenters. The number of hydrogen-bond donors (Lipinski definition) is 1. The van der Waals surface area contributed by atoms with Gasteiger partial charge >= 0.3 is 0 Å². The molecule has 3 nitrogen and oxygen atoms in total. The van der Waals surface area contributed by atoms with E-state index >= 15 is 0 Å². The first-order valence-electron chi connectivity index (χ1n) is 7.58. The zero-order valence-electron chi connectivity index (χ0n) is 12.9. The van der Waals surface area contributed by atoms with Gasteiger partial charge in [0.2, 0.25) is 5.88 Å². The summed E-state index contributed by atoms with van der Waals surface area (Å²) in [7, 11) is 1.64. The number of aromatic nitrogens is 1. The van der Waals surface area contributed by atoms with Crippen molar-refractivity contribution < 1.29 is 4.74 Å². The van der Waals surface area contributed by atoms with Crippen molar-refractivity contribution >= 4 is 0 Å². The van der Waals surface area contributed by atoms with E-state index in [2.05, 4.69) is 53.6 Å². The lowest BCUT2D eigenvalue weighted by Gasteiger charge is -2.19. The van der Waals surface area contributed by atoms with Crippen LogP contribution in [0, 0.1) is 0 Å². The second kappa shape index (κ2) is 8.42. The molecule has 1 heterocycles. The van der Waals surface area contributed by atoms with Gasteiger partial charge in [-0.15, -0.1) is 0 Å². The van der Waals surface area contributed by atoms with Crippen molar-refractivity contribution in [2.24, 2.45) is 0 Å². The molecule has 0 aliphatic carbocycles. The minimum atomic E-state index is 0.433. The Balaban J connectivity index is 2.00. The summed E-state index contributed by atoms with van der Waals surface area (Å²) in [6.45, 7) is 3.24. The molecule has 1 unspecified atom stereocenters. The van der Waals surface area contributed by atoms with Gasteiger partial charge in [0.1, 0.15) is 0 Å². The lowest BCUT2D eigenvalue weighted by Crippen LogP contribution is -2.33. The molecule has 3 heteroatoms. The second-order valence-corrected chi connectivity index (χ2v) is 5.25. The number of methoxy groups -OCH3 is 1. The Bertz CT molecular complexity index is 511. The molecule has 2 aromatic rings.